The average Bonchev–Trinajstić information content (AvgIpc) is 3.13. The fraction of sp³-hybridized carbons (Fsp3) is 0.143. The Hall–Kier alpha value is -4.00. The lowest BCUT2D eigenvalue weighted by Gasteiger charge is -2.25. The Morgan fingerprint density at radius 2 is 1.77 bits per heavy atom. The molecule has 6 nitrogen and oxygen atoms in total. The highest BCUT2D eigenvalue weighted by atomic mass is 19.4. The molecule has 2 aromatic carbocycles. The van der Waals surface area contributed by atoms with Gasteiger partial charge >= 0.3 is 6.18 Å². The number of alkyl halides is 3. The first-order valence-corrected chi connectivity index (χ1v) is 8.92. The van der Waals surface area contributed by atoms with Gasteiger partial charge in [0.25, 0.3) is 0 Å². The van der Waals surface area contributed by atoms with E-state index in [9.17, 15) is 22.8 Å². The van der Waals surface area contributed by atoms with E-state index in [1.54, 1.807) is 24.3 Å². The molecule has 3 aromatic rings. The molecule has 2 heterocycles. The zero-order chi connectivity index (χ0) is 22.3. The molecule has 0 spiro atoms. The Morgan fingerprint density at radius 1 is 1.13 bits per heavy atom. The fourth-order valence-electron chi connectivity index (χ4n) is 3.43. The van der Waals surface area contributed by atoms with E-state index in [-0.39, 0.29) is 28.6 Å². The second-order valence-corrected chi connectivity index (χ2v) is 6.65. The third-order valence-electron chi connectivity index (χ3n) is 4.84. The van der Waals surface area contributed by atoms with Crippen molar-refractivity contribution in [2.24, 2.45) is 5.73 Å². The second kappa shape index (κ2) is 7.36. The van der Waals surface area contributed by atoms with Gasteiger partial charge in [-0.2, -0.15) is 28.2 Å². The van der Waals surface area contributed by atoms with Crippen LogP contribution < -0.4 is 15.2 Å². The average molecular weight is 430 g/mol. The van der Waals surface area contributed by atoms with Crippen molar-refractivity contribution in [2.75, 3.05) is 7.11 Å². The number of nitriles is 1. The van der Waals surface area contributed by atoms with E-state index in [0.717, 1.165) is 16.8 Å². The van der Waals surface area contributed by atoms with Gasteiger partial charge in [0.15, 0.2) is 5.69 Å². The number of aromatic nitrogens is 2. The maximum absolute atomic E-state index is 14.0. The molecular formula is C21H14F4N4O2. The predicted molar refractivity (Wildman–Crippen MR) is 101 cm³/mol. The van der Waals surface area contributed by atoms with Gasteiger partial charge in [0, 0.05) is 0 Å². The number of nitrogens with zero attached hydrogens (tertiary/aromatic N) is 3. The lowest BCUT2D eigenvalue weighted by molar-refractivity contribution is -0.142. The summed E-state index contributed by atoms with van der Waals surface area (Å²) in [5, 5.41) is 13.3. The van der Waals surface area contributed by atoms with E-state index >= 15 is 0 Å². The van der Waals surface area contributed by atoms with Crippen molar-refractivity contribution >= 4 is 0 Å². The lowest BCUT2D eigenvalue weighted by atomic mass is 9.84. The van der Waals surface area contributed by atoms with Gasteiger partial charge in [0.1, 0.15) is 23.2 Å². The molecule has 1 aliphatic rings. The maximum Gasteiger partial charge on any atom is 0.435 e. The molecule has 0 bridgehead atoms. The number of allylic oxidation sites excluding steroid dienone is 1. The number of benzene rings is 2. The number of nitrogens with two attached hydrogens (primary N) is 1. The van der Waals surface area contributed by atoms with Gasteiger partial charge < -0.3 is 15.2 Å². The monoisotopic (exact) mass is 430 g/mol. The highest BCUT2D eigenvalue weighted by Crippen LogP contribution is 2.48. The Labute approximate surface area is 173 Å². The molecule has 31 heavy (non-hydrogen) atoms. The van der Waals surface area contributed by atoms with E-state index in [2.05, 4.69) is 5.10 Å². The first kappa shape index (κ1) is 20.3. The van der Waals surface area contributed by atoms with Gasteiger partial charge in [-0.15, -0.1) is 0 Å². The summed E-state index contributed by atoms with van der Waals surface area (Å²) in [5.74, 6) is -1.89. The van der Waals surface area contributed by atoms with Crippen LogP contribution in [0.5, 0.6) is 11.6 Å². The number of rotatable bonds is 3. The summed E-state index contributed by atoms with van der Waals surface area (Å²) >= 11 is 0. The van der Waals surface area contributed by atoms with E-state index in [1.165, 1.54) is 19.2 Å². The Balaban J connectivity index is 2.00. The van der Waals surface area contributed by atoms with Crippen LogP contribution in [0.2, 0.25) is 0 Å². The molecule has 1 aromatic heterocycles. The Bertz CT molecular complexity index is 1210. The van der Waals surface area contributed by atoms with E-state index in [4.69, 9.17) is 15.2 Å². The van der Waals surface area contributed by atoms with Crippen LogP contribution >= 0.6 is 0 Å². The molecular weight excluding hydrogens is 416 g/mol. The quantitative estimate of drug-likeness (QED) is 0.628. The van der Waals surface area contributed by atoms with E-state index in [1.807, 2.05) is 6.07 Å². The summed E-state index contributed by atoms with van der Waals surface area (Å²) < 4.78 is 66.7. The molecule has 158 valence electrons. The van der Waals surface area contributed by atoms with Crippen LogP contribution in [0.4, 0.5) is 17.6 Å². The summed E-state index contributed by atoms with van der Waals surface area (Å²) in [6.07, 6.45) is -4.85. The van der Waals surface area contributed by atoms with Crippen molar-refractivity contribution in [1.29, 1.82) is 5.26 Å². The first-order valence-electron chi connectivity index (χ1n) is 8.92. The SMILES string of the molecule is COc1ccc(C2C(C#N)=C(N)Oc3c2c(C(F)(F)F)nn3-c2ccc(F)cc2)cc1. The van der Waals surface area contributed by atoms with E-state index in [0.29, 0.717) is 11.3 Å². The fourth-order valence-corrected chi connectivity index (χ4v) is 3.43. The van der Waals surface area contributed by atoms with Gasteiger partial charge in [-0.05, 0) is 42.0 Å². The number of hydrogen-bond acceptors (Lipinski definition) is 5. The van der Waals surface area contributed by atoms with Gasteiger partial charge in [0.05, 0.1) is 24.3 Å². The minimum absolute atomic E-state index is 0.134. The second-order valence-electron chi connectivity index (χ2n) is 6.65. The number of methoxy groups -OCH3 is 1. The standard InChI is InChI=1S/C21H14F4N4O2/c1-30-14-8-2-11(3-9-14)16-15(10-26)19(27)31-20-17(16)18(21(23,24)25)28-29(20)13-6-4-12(22)5-7-13/h2-9,16H,27H2,1H3. The molecule has 0 saturated heterocycles. The Morgan fingerprint density at radius 3 is 2.32 bits per heavy atom. The molecule has 0 aliphatic carbocycles. The number of fused-ring (bicyclic) bond motifs is 1. The van der Waals surface area contributed by atoms with E-state index < -0.39 is 23.6 Å². The topological polar surface area (TPSA) is 86.1 Å². The maximum atomic E-state index is 14.0. The summed E-state index contributed by atoms with van der Waals surface area (Å²) in [6, 6.07) is 12.7. The third kappa shape index (κ3) is 3.44. The minimum atomic E-state index is -4.85. The highest BCUT2D eigenvalue weighted by molar-refractivity contribution is 5.58. The summed E-state index contributed by atoms with van der Waals surface area (Å²) in [7, 11) is 1.45. The van der Waals surface area contributed by atoms with Gasteiger partial charge in [-0.1, -0.05) is 12.1 Å². The van der Waals surface area contributed by atoms with Gasteiger partial charge in [0.2, 0.25) is 11.8 Å². The molecule has 1 atom stereocenters. The first-order chi connectivity index (χ1) is 14.7. The minimum Gasteiger partial charge on any atom is -0.497 e. The van der Waals surface area contributed by atoms with Gasteiger partial charge in [-0.3, -0.25) is 0 Å². The van der Waals surface area contributed by atoms with Gasteiger partial charge in [-0.25, -0.2) is 4.39 Å². The summed E-state index contributed by atoms with van der Waals surface area (Å²) in [4.78, 5) is 0. The number of ether oxygens (including phenoxy) is 2. The number of hydrogen-bond donors (Lipinski definition) is 1. The zero-order valence-electron chi connectivity index (χ0n) is 15.9. The van der Waals surface area contributed by atoms with Crippen molar-refractivity contribution in [3.8, 4) is 23.4 Å². The molecule has 2 N–H and O–H groups in total. The van der Waals surface area contributed by atoms with Crippen LogP contribution in [0.3, 0.4) is 0 Å². The third-order valence-corrected chi connectivity index (χ3v) is 4.84. The molecule has 1 aliphatic heterocycles. The normalized spacial score (nSPS) is 15.8. The molecule has 0 radical (unpaired) electrons. The van der Waals surface area contributed by atoms with Crippen molar-refractivity contribution in [2.45, 2.75) is 12.1 Å². The molecule has 0 saturated carbocycles. The predicted octanol–water partition coefficient (Wildman–Crippen LogP) is 4.26. The number of halogens is 4. The summed E-state index contributed by atoms with van der Waals surface area (Å²) in [6.45, 7) is 0. The highest BCUT2D eigenvalue weighted by Gasteiger charge is 2.46. The van der Waals surface area contributed by atoms with Crippen LogP contribution in [0.25, 0.3) is 5.69 Å². The molecule has 10 heteroatoms. The largest absolute Gasteiger partial charge is 0.497 e. The van der Waals surface area contributed by atoms with Crippen molar-refractivity contribution in [3.63, 3.8) is 0 Å². The van der Waals surface area contributed by atoms with Crippen LogP contribution in [-0.4, -0.2) is 16.9 Å². The molecule has 0 amide bonds. The molecule has 0 fully saturated rings. The lowest BCUT2D eigenvalue weighted by Crippen LogP contribution is -2.23. The Kier molecular flexibility index (Phi) is 4.81. The van der Waals surface area contributed by atoms with Crippen LogP contribution in [0.15, 0.2) is 60.0 Å². The molecule has 1 unspecified atom stereocenters. The van der Waals surface area contributed by atoms with Crippen molar-refractivity contribution < 1.29 is 27.0 Å². The zero-order valence-corrected chi connectivity index (χ0v) is 15.9. The molecule has 4 rings (SSSR count). The van der Waals surface area contributed by atoms with Crippen LogP contribution in [0.1, 0.15) is 22.7 Å². The van der Waals surface area contributed by atoms with Crippen LogP contribution in [-0.2, 0) is 6.18 Å². The van der Waals surface area contributed by atoms with Crippen LogP contribution in [0, 0.1) is 17.1 Å². The summed E-state index contributed by atoms with van der Waals surface area (Å²) in [5.41, 5.74) is 4.65. The van der Waals surface area contributed by atoms with Crippen molar-refractivity contribution in [3.05, 3.63) is 82.6 Å². The van der Waals surface area contributed by atoms with Crippen molar-refractivity contribution in [1.82, 2.24) is 9.78 Å². The smallest absolute Gasteiger partial charge is 0.435 e.